The lowest BCUT2D eigenvalue weighted by Crippen LogP contribution is -2.27. The molecule has 14 rings (SSSR count). The first kappa shape index (κ1) is 49.3. The van der Waals surface area contributed by atoms with Crippen LogP contribution in [0.5, 0.6) is 0 Å². The number of thiophene rings is 2. The van der Waals surface area contributed by atoms with Crippen molar-refractivity contribution in [2.75, 3.05) is 0 Å². The van der Waals surface area contributed by atoms with Gasteiger partial charge in [0.2, 0.25) is 0 Å². The van der Waals surface area contributed by atoms with Gasteiger partial charge in [0.25, 0.3) is 0 Å². The molecule has 0 unspecified atom stereocenters. The van der Waals surface area contributed by atoms with Crippen molar-refractivity contribution >= 4 is 105 Å². The van der Waals surface area contributed by atoms with Gasteiger partial charge in [-0.25, -0.2) is 9.36 Å². The third-order valence-electron chi connectivity index (χ3n) is 14.5. The van der Waals surface area contributed by atoms with Gasteiger partial charge >= 0.3 is 6.09 Å². The Bertz CT molecular complexity index is 4480. The minimum absolute atomic E-state index is 0.0288. The fraction of sp³-hybridized carbons (Fsp3) is 0.103. The zero-order chi connectivity index (χ0) is 53.8. The Morgan fingerprint density at radius 3 is 1.59 bits per heavy atom. The number of nitrogens with zero attached hydrogens (tertiary/aromatic N) is 3. The predicted molar refractivity (Wildman–Crippen MR) is 323 cm³/mol. The van der Waals surface area contributed by atoms with E-state index in [0.717, 1.165) is 88.0 Å². The average Bonchev–Trinajstić information content (AvgIpc) is 4.47. The summed E-state index contributed by atoms with van der Waals surface area (Å²) in [5, 5.41) is 19.9. The van der Waals surface area contributed by atoms with Gasteiger partial charge in [0.1, 0.15) is 5.60 Å². The maximum atomic E-state index is 13.6. The molecule has 2 N–H and O–H groups in total. The number of aromatic amines is 2. The lowest BCUT2D eigenvalue weighted by molar-refractivity contribution is 0.0546. The van der Waals surface area contributed by atoms with Crippen molar-refractivity contribution in [3.8, 4) is 32.1 Å². The molecule has 0 saturated carbocycles. The van der Waals surface area contributed by atoms with Crippen LogP contribution in [0, 0.1) is 0 Å². The fourth-order valence-electron chi connectivity index (χ4n) is 10.6. The molecule has 5 aromatic heterocycles. The molecule has 1 aliphatic rings. The van der Waals surface area contributed by atoms with Gasteiger partial charge in [-0.15, -0.1) is 22.7 Å². The predicted octanol–water partition coefficient (Wildman–Crippen LogP) is 17.2. The van der Waals surface area contributed by atoms with E-state index < -0.39 is 11.7 Å². The van der Waals surface area contributed by atoms with Crippen LogP contribution in [0.15, 0.2) is 200 Å². The molecule has 1 aliphatic carbocycles. The number of ether oxygens (including phenoxy) is 1. The number of para-hydroxylation sites is 1. The Labute approximate surface area is 463 Å². The van der Waals surface area contributed by atoms with Crippen molar-refractivity contribution in [3.05, 3.63) is 239 Å². The molecule has 8 aromatic carbocycles. The number of rotatable bonds is 10. The molecule has 5 heterocycles. The highest BCUT2D eigenvalue weighted by Gasteiger charge is 2.24. The second-order valence-electron chi connectivity index (χ2n) is 21.1. The number of fused-ring (bicyclic) bond motifs is 6. The van der Waals surface area contributed by atoms with Gasteiger partial charge in [-0.05, 0) is 138 Å². The molecule has 0 atom stereocenters. The molecule has 0 bridgehead atoms. The summed E-state index contributed by atoms with van der Waals surface area (Å²) in [7, 11) is 0. The summed E-state index contributed by atoms with van der Waals surface area (Å²) in [6.45, 7) is 5.58. The minimum Gasteiger partial charge on any atom is -0.443 e. The number of nitrogens with one attached hydrogen (secondary N) is 2. The van der Waals surface area contributed by atoms with Crippen LogP contribution in [-0.4, -0.2) is 48.2 Å². The largest absolute Gasteiger partial charge is 0.443 e. The number of aromatic nitrogens is 5. The number of carbonyl (C=O) groups excluding carboxylic acids is 3. The summed E-state index contributed by atoms with van der Waals surface area (Å²) in [4.78, 5) is 42.4. The molecule has 0 spiro atoms. The molecule has 384 valence electrons. The second kappa shape index (κ2) is 20.3. The number of ketones is 2. The monoisotopic (exact) mass is 1070 g/mol. The van der Waals surface area contributed by atoms with Crippen molar-refractivity contribution in [2.45, 2.75) is 45.6 Å². The summed E-state index contributed by atoms with van der Waals surface area (Å²) in [5.41, 5.74) is 14.2. The van der Waals surface area contributed by atoms with Crippen LogP contribution in [0.4, 0.5) is 4.79 Å². The fourth-order valence-corrected chi connectivity index (χ4v) is 12.8. The number of hydrogen-bond donors (Lipinski definition) is 2. The molecule has 0 saturated heterocycles. The van der Waals surface area contributed by atoms with Gasteiger partial charge in [0.15, 0.2) is 11.6 Å². The van der Waals surface area contributed by atoms with Gasteiger partial charge in [0.05, 0.1) is 34.6 Å². The minimum atomic E-state index is -0.625. The highest BCUT2D eigenvalue weighted by Crippen LogP contribution is 2.40. The van der Waals surface area contributed by atoms with Crippen LogP contribution < -0.4 is 0 Å². The first-order valence-electron chi connectivity index (χ1n) is 26.2. The number of carbonyl (C=O) groups is 3. The van der Waals surface area contributed by atoms with E-state index >= 15 is 0 Å². The molecule has 13 aromatic rings. The molecule has 0 radical (unpaired) electrons. The third kappa shape index (κ3) is 9.90. The maximum absolute atomic E-state index is 13.6. The van der Waals surface area contributed by atoms with Crippen LogP contribution in [0.25, 0.3) is 96.7 Å². The third-order valence-corrected chi connectivity index (χ3v) is 16.8. The van der Waals surface area contributed by atoms with Gasteiger partial charge in [0, 0.05) is 70.4 Å². The molecular formula is C68H51N5O4S2. The van der Waals surface area contributed by atoms with Gasteiger partial charge in [-0.3, -0.25) is 19.8 Å². The standard InChI is InChI=1S/C36H29N3O3S.C32H22N2OS/c1-36(2,3)42-35(41)39-29-10-6-4-8-24(29)19-30(39)23-14-12-22(13-15-23)16-31(40)26-17-27-21-37-38-34(27)28(18-26)33-20-25-9-5-7-11-32(25)43-33;35-29(13-20-9-11-21(12-10-20)25-14-22-5-1-2-6-23(22)15-25)26-16-27-19-33-34-32(27)28(17-26)31-18-24-7-3-4-8-30(24)36-31/h4-15,17-21H,16H2,1-3H3,(H,37,38);1-12,14,16-19H,13,15H2,(H,33,34). The normalized spacial score (nSPS) is 12.3. The summed E-state index contributed by atoms with van der Waals surface area (Å²) < 4.78 is 9.79. The first-order chi connectivity index (χ1) is 38.4. The summed E-state index contributed by atoms with van der Waals surface area (Å²) in [6.07, 6.45) is 6.99. The van der Waals surface area contributed by atoms with E-state index in [1.165, 1.54) is 42.4 Å². The molecule has 0 aliphatic heterocycles. The molecule has 11 heteroatoms. The number of allylic oxidation sites excluding steroid dienone is 1. The van der Waals surface area contributed by atoms with E-state index in [1.807, 2.05) is 112 Å². The van der Waals surface area contributed by atoms with Crippen LogP contribution >= 0.6 is 22.7 Å². The lowest BCUT2D eigenvalue weighted by atomic mass is 9.97. The number of Topliss-reactive ketones (excluding diaryl/α,β-unsaturated/α-hetero) is 2. The van der Waals surface area contributed by atoms with Crippen molar-refractivity contribution in [1.29, 1.82) is 0 Å². The first-order valence-corrected chi connectivity index (χ1v) is 27.9. The van der Waals surface area contributed by atoms with Crippen LogP contribution in [0.2, 0.25) is 0 Å². The van der Waals surface area contributed by atoms with E-state index in [-0.39, 0.29) is 18.0 Å². The number of benzene rings is 8. The Morgan fingerprint density at radius 1 is 0.544 bits per heavy atom. The smallest absolute Gasteiger partial charge is 0.419 e. The summed E-state index contributed by atoms with van der Waals surface area (Å²) in [5.74, 6) is 0.141. The Kier molecular flexibility index (Phi) is 12.6. The second-order valence-corrected chi connectivity index (χ2v) is 23.2. The quantitative estimate of drug-likeness (QED) is 0.132. The van der Waals surface area contributed by atoms with Crippen LogP contribution in [0.1, 0.15) is 69.3 Å². The van der Waals surface area contributed by atoms with Gasteiger partial charge in [-0.2, -0.15) is 10.2 Å². The lowest BCUT2D eigenvalue weighted by Gasteiger charge is -2.21. The number of hydrogen-bond acceptors (Lipinski definition) is 8. The summed E-state index contributed by atoms with van der Waals surface area (Å²) >= 11 is 3.44. The highest BCUT2D eigenvalue weighted by atomic mass is 32.1. The van der Waals surface area contributed by atoms with E-state index in [0.29, 0.717) is 12.0 Å². The Hall–Kier alpha value is -9.29. The summed E-state index contributed by atoms with van der Waals surface area (Å²) in [6, 6.07) is 63.4. The van der Waals surface area contributed by atoms with Crippen molar-refractivity contribution < 1.29 is 19.1 Å². The molecular weight excluding hydrogens is 1010 g/mol. The molecule has 0 fully saturated rings. The van der Waals surface area contributed by atoms with Crippen molar-refractivity contribution in [3.63, 3.8) is 0 Å². The maximum Gasteiger partial charge on any atom is 0.419 e. The Balaban J connectivity index is 0.000000152. The van der Waals surface area contributed by atoms with E-state index in [9.17, 15) is 14.4 Å². The SMILES string of the molecule is CC(C)(C)OC(=O)n1c(-c2ccc(CC(=O)c3cc(-c4cc5ccccc5s4)c4[nH]ncc4c3)cc2)cc2ccccc21.O=C(Cc1ccc(C2=Cc3ccccc3C2)cc1)c1cc(-c2cc3ccccc3s2)c2[nH]ncc2c1. The zero-order valence-corrected chi connectivity index (χ0v) is 45.2. The van der Waals surface area contributed by atoms with Crippen molar-refractivity contribution in [2.24, 2.45) is 0 Å². The molecule has 79 heavy (non-hydrogen) atoms. The van der Waals surface area contributed by atoms with Gasteiger partial charge < -0.3 is 4.74 Å². The highest BCUT2D eigenvalue weighted by molar-refractivity contribution is 7.22. The number of H-pyrrole nitrogens is 2. The average molecular weight is 1070 g/mol. The van der Waals surface area contributed by atoms with Crippen LogP contribution in [0.3, 0.4) is 0 Å². The molecule has 9 nitrogen and oxygen atoms in total. The van der Waals surface area contributed by atoms with Crippen molar-refractivity contribution in [1.82, 2.24) is 25.0 Å². The van der Waals surface area contributed by atoms with Gasteiger partial charge in [-0.1, -0.05) is 133 Å². The van der Waals surface area contributed by atoms with Crippen LogP contribution in [-0.2, 0) is 24.0 Å². The topological polar surface area (TPSA) is 123 Å². The van der Waals surface area contributed by atoms with E-state index in [2.05, 4.69) is 124 Å². The van der Waals surface area contributed by atoms with E-state index in [4.69, 9.17) is 4.74 Å². The molecule has 0 amide bonds. The Morgan fingerprint density at radius 2 is 1.05 bits per heavy atom. The van der Waals surface area contributed by atoms with E-state index in [1.54, 1.807) is 39.6 Å². The zero-order valence-electron chi connectivity index (χ0n) is 43.5.